The van der Waals surface area contributed by atoms with E-state index in [9.17, 15) is 0 Å². The summed E-state index contributed by atoms with van der Waals surface area (Å²) in [5.74, 6) is 0. The van der Waals surface area contributed by atoms with Crippen LogP contribution in [0, 0.1) is 0 Å². The Labute approximate surface area is 267 Å². The Balaban J connectivity index is 1.18. The van der Waals surface area contributed by atoms with Crippen molar-refractivity contribution in [1.29, 1.82) is 0 Å². The Bertz CT molecular complexity index is 3020. The number of para-hydroxylation sites is 2. The van der Waals surface area contributed by atoms with Crippen LogP contribution in [0.1, 0.15) is 0 Å². The highest BCUT2D eigenvalue weighted by Crippen LogP contribution is 2.46. The zero-order valence-electron chi connectivity index (χ0n) is 25.1. The normalized spacial score (nSPS) is 12.3. The molecule has 0 fully saturated rings. The minimum Gasteiger partial charge on any atom is -0.456 e. The summed E-state index contributed by atoms with van der Waals surface area (Å²) < 4.78 is 19.1. The van der Waals surface area contributed by atoms with Crippen LogP contribution >= 0.6 is 0 Å². The standard InChI is InChI=1S/C44H24O3/c1-3-13-32-30(11-1)41(25-18-22-39-36(23-25)35-21-20-34-28-10-6-8-16-38(28)46-43(34)44(35)47-39)31-12-2-4-14-33(31)42(32)26-17-19-29-27-9-5-7-15-37(27)45-40(29)24-26/h1-24H. The van der Waals surface area contributed by atoms with Gasteiger partial charge in [-0.15, -0.1) is 0 Å². The van der Waals surface area contributed by atoms with E-state index in [-0.39, 0.29) is 0 Å². The SMILES string of the molecule is c1ccc2c(c1)oc1cc(-c3c4ccccc4c(-c4ccc5oc6c(ccc7c8ccccc8oc76)c5c4)c4ccccc34)ccc12. The first kappa shape index (κ1) is 24.9. The van der Waals surface area contributed by atoms with Crippen molar-refractivity contribution in [1.82, 2.24) is 0 Å². The second kappa shape index (κ2) is 9.12. The summed E-state index contributed by atoms with van der Waals surface area (Å²) in [6.07, 6.45) is 0. The molecular weight excluding hydrogens is 576 g/mol. The summed E-state index contributed by atoms with van der Waals surface area (Å²) in [4.78, 5) is 0. The van der Waals surface area contributed by atoms with Gasteiger partial charge in [-0.3, -0.25) is 0 Å². The van der Waals surface area contributed by atoms with E-state index in [1.54, 1.807) is 0 Å². The predicted molar refractivity (Wildman–Crippen MR) is 194 cm³/mol. The zero-order valence-corrected chi connectivity index (χ0v) is 25.1. The molecule has 47 heavy (non-hydrogen) atoms. The second-order valence-corrected chi connectivity index (χ2v) is 12.4. The highest BCUT2D eigenvalue weighted by Gasteiger charge is 2.20. The van der Waals surface area contributed by atoms with Crippen LogP contribution in [0.4, 0.5) is 0 Å². The van der Waals surface area contributed by atoms with E-state index in [0.29, 0.717) is 0 Å². The summed E-state index contributed by atoms with van der Waals surface area (Å²) >= 11 is 0. The Morgan fingerprint density at radius 1 is 0.255 bits per heavy atom. The lowest BCUT2D eigenvalue weighted by Crippen LogP contribution is -1.90. The van der Waals surface area contributed by atoms with Gasteiger partial charge in [0.1, 0.15) is 22.3 Å². The summed E-state index contributed by atoms with van der Waals surface area (Å²) in [5, 5.41) is 11.4. The summed E-state index contributed by atoms with van der Waals surface area (Å²) in [6.45, 7) is 0. The summed E-state index contributed by atoms with van der Waals surface area (Å²) in [5.41, 5.74) is 9.83. The summed E-state index contributed by atoms with van der Waals surface area (Å²) in [6, 6.07) is 51.5. The van der Waals surface area contributed by atoms with Gasteiger partial charge in [-0.25, -0.2) is 0 Å². The number of hydrogen-bond acceptors (Lipinski definition) is 3. The minimum absolute atomic E-state index is 0.789. The monoisotopic (exact) mass is 600 g/mol. The van der Waals surface area contributed by atoms with Crippen LogP contribution in [0.15, 0.2) is 159 Å². The maximum atomic E-state index is 6.49. The molecule has 0 N–H and O–H groups in total. The molecule has 218 valence electrons. The fraction of sp³-hybridized carbons (Fsp3) is 0. The lowest BCUT2D eigenvalue weighted by atomic mass is 9.85. The molecule has 0 aliphatic carbocycles. The first-order chi connectivity index (χ1) is 23.3. The molecule has 3 heterocycles. The molecule has 0 atom stereocenters. The van der Waals surface area contributed by atoms with Gasteiger partial charge in [-0.2, -0.15) is 0 Å². The van der Waals surface area contributed by atoms with Crippen LogP contribution in [0.25, 0.3) is 110 Å². The number of rotatable bonds is 2. The Morgan fingerprint density at radius 3 is 1.28 bits per heavy atom. The van der Waals surface area contributed by atoms with E-state index in [4.69, 9.17) is 13.3 Å². The van der Waals surface area contributed by atoms with Gasteiger partial charge in [-0.1, -0.05) is 97.1 Å². The van der Waals surface area contributed by atoms with E-state index in [2.05, 4.69) is 115 Å². The maximum absolute atomic E-state index is 6.49. The van der Waals surface area contributed by atoms with Crippen molar-refractivity contribution in [2.75, 3.05) is 0 Å². The Morgan fingerprint density at radius 2 is 0.660 bits per heavy atom. The third kappa shape index (κ3) is 3.40. The van der Waals surface area contributed by atoms with Gasteiger partial charge in [0.05, 0.1) is 0 Å². The van der Waals surface area contributed by atoms with E-state index >= 15 is 0 Å². The first-order valence-electron chi connectivity index (χ1n) is 15.9. The quantitative estimate of drug-likeness (QED) is 0.185. The van der Waals surface area contributed by atoms with E-state index in [0.717, 1.165) is 76.9 Å². The van der Waals surface area contributed by atoms with E-state index in [1.807, 2.05) is 30.3 Å². The molecule has 0 bridgehead atoms. The molecule has 0 saturated carbocycles. The van der Waals surface area contributed by atoms with Gasteiger partial charge in [0.2, 0.25) is 0 Å². The molecule has 8 aromatic carbocycles. The van der Waals surface area contributed by atoms with Crippen LogP contribution in [-0.4, -0.2) is 0 Å². The number of furan rings is 3. The Hall–Kier alpha value is -6.32. The average Bonchev–Trinajstić information content (AvgIpc) is 3.81. The Kier molecular flexibility index (Phi) is 4.84. The molecule has 0 unspecified atom stereocenters. The number of benzene rings is 8. The highest BCUT2D eigenvalue weighted by atomic mass is 16.4. The lowest BCUT2D eigenvalue weighted by Gasteiger charge is -2.17. The molecule has 0 aliphatic heterocycles. The molecule has 11 aromatic rings. The molecule has 3 heteroatoms. The van der Waals surface area contributed by atoms with E-state index in [1.165, 1.54) is 32.7 Å². The highest BCUT2D eigenvalue weighted by molar-refractivity contribution is 6.24. The molecular formula is C44H24O3. The van der Waals surface area contributed by atoms with Crippen LogP contribution in [0.2, 0.25) is 0 Å². The third-order valence-corrected chi connectivity index (χ3v) is 9.87. The molecule has 0 aliphatic rings. The minimum atomic E-state index is 0.789. The largest absolute Gasteiger partial charge is 0.456 e. The molecule has 3 aromatic heterocycles. The van der Waals surface area contributed by atoms with Crippen LogP contribution < -0.4 is 0 Å². The van der Waals surface area contributed by atoms with Gasteiger partial charge >= 0.3 is 0 Å². The van der Waals surface area contributed by atoms with Crippen molar-refractivity contribution in [3.05, 3.63) is 146 Å². The zero-order chi connectivity index (χ0) is 30.6. The molecule has 0 spiro atoms. The van der Waals surface area contributed by atoms with Crippen LogP contribution in [0.5, 0.6) is 0 Å². The fourth-order valence-electron chi connectivity index (χ4n) is 7.80. The van der Waals surface area contributed by atoms with Gasteiger partial charge in [0, 0.05) is 32.3 Å². The smallest absolute Gasteiger partial charge is 0.178 e. The van der Waals surface area contributed by atoms with Crippen molar-refractivity contribution < 1.29 is 13.3 Å². The topological polar surface area (TPSA) is 39.4 Å². The molecule has 3 nitrogen and oxygen atoms in total. The number of fused-ring (bicyclic) bond motifs is 12. The van der Waals surface area contributed by atoms with Crippen molar-refractivity contribution in [3.8, 4) is 22.3 Å². The average molecular weight is 601 g/mol. The maximum Gasteiger partial charge on any atom is 0.178 e. The van der Waals surface area contributed by atoms with Gasteiger partial charge < -0.3 is 13.3 Å². The fourth-order valence-corrected chi connectivity index (χ4v) is 7.80. The number of hydrogen-bond donors (Lipinski definition) is 0. The van der Waals surface area contributed by atoms with Crippen molar-refractivity contribution in [2.24, 2.45) is 0 Å². The second-order valence-electron chi connectivity index (χ2n) is 12.4. The summed E-state index contributed by atoms with van der Waals surface area (Å²) in [7, 11) is 0. The van der Waals surface area contributed by atoms with Gasteiger partial charge in [0.15, 0.2) is 11.2 Å². The first-order valence-corrected chi connectivity index (χ1v) is 15.9. The molecule has 0 radical (unpaired) electrons. The van der Waals surface area contributed by atoms with Crippen LogP contribution in [0.3, 0.4) is 0 Å². The molecule has 11 rings (SSSR count). The van der Waals surface area contributed by atoms with Crippen LogP contribution in [-0.2, 0) is 0 Å². The predicted octanol–water partition coefficient (Wildman–Crippen LogP) is 13.0. The molecule has 0 amide bonds. The van der Waals surface area contributed by atoms with Crippen molar-refractivity contribution >= 4 is 87.4 Å². The van der Waals surface area contributed by atoms with E-state index < -0.39 is 0 Å². The third-order valence-electron chi connectivity index (χ3n) is 9.87. The lowest BCUT2D eigenvalue weighted by molar-refractivity contribution is 0.633. The van der Waals surface area contributed by atoms with Gasteiger partial charge in [-0.05, 0) is 92.3 Å². The van der Waals surface area contributed by atoms with Crippen molar-refractivity contribution in [2.45, 2.75) is 0 Å². The van der Waals surface area contributed by atoms with Gasteiger partial charge in [0.25, 0.3) is 0 Å². The van der Waals surface area contributed by atoms with Crippen molar-refractivity contribution in [3.63, 3.8) is 0 Å². The molecule has 0 saturated heterocycles.